The Labute approximate surface area is 173 Å². The number of nitrogens with one attached hydrogen (secondary N) is 1. The van der Waals surface area contributed by atoms with Gasteiger partial charge in [0, 0.05) is 36.3 Å². The van der Waals surface area contributed by atoms with Crippen LogP contribution in [0.2, 0.25) is 0 Å². The second-order valence-corrected chi connectivity index (χ2v) is 8.79. The van der Waals surface area contributed by atoms with Crippen LogP contribution >= 0.6 is 0 Å². The highest BCUT2D eigenvalue weighted by molar-refractivity contribution is 5.94. The molecule has 0 spiro atoms. The summed E-state index contributed by atoms with van der Waals surface area (Å²) < 4.78 is 5.28. The Balaban J connectivity index is 1.35. The van der Waals surface area contributed by atoms with Crippen molar-refractivity contribution in [2.75, 3.05) is 19.7 Å². The number of carbonyl (C=O) groups excluding carboxylic acids is 2. The van der Waals surface area contributed by atoms with Gasteiger partial charge in [-0.3, -0.25) is 9.69 Å². The summed E-state index contributed by atoms with van der Waals surface area (Å²) in [5, 5.41) is 3.25. The number of amides is 2. The summed E-state index contributed by atoms with van der Waals surface area (Å²) in [6, 6.07) is 9.07. The number of rotatable bonds is 4. The minimum absolute atomic E-state index is 0.0257. The van der Waals surface area contributed by atoms with E-state index < -0.39 is 0 Å². The number of ether oxygens (including phenoxy) is 1. The van der Waals surface area contributed by atoms with Crippen LogP contribution in [0, 0.1) is 6.92 Å². The lowest BCUT2D eigenvalue weighted by Gasteiger charge is -2.45. The SMILES string of the molecule is CCOC(=O)N1C2CCC1CC(N1CCCC(NC(=O)c3cccc(C)c3)C1)C2. The van der Waals surface area contributed by atoms with Crippen molar-refractivity contribution in [3.63, 3.8) is 0 Å². The molecule has 158 valence electrons. The maximum atomic E-state index is 12.7. The summed E-state index contributed by atoms with van der Waals surface area (Å²) in [5.74, 6) is 0.0257. The van der Waals surface area contributed by atoms with Gasteiger partial charge in [-0.2, -0.15) is 0 Å². The lowest BCUT2D eigenvalue weighted by Crippen LogP contribution is -2.56. The van der Waals surface area contributed by atoms with Gasteiger partial charge in [-0.05, 0) is 71.0 Å². The fourth-order valence-corrected chi connectivity index (χ4v) is 5.45. The van der Waals surface area contributed by atoms with Crippen molar-refractivity contribution >= 4 is 12.0 Å². The third-order valence-electron chi connectivity index (χ3n) is 6.77. The first-order valence-corrected chi connectivity index (χ1v) is 11.1. The Hall–Kier alpha value is -2.08. The maximum Gasteiger partial charge on any atom is 0.410 e. The quantitative estimate of drug-likeness (QED) is 0.844. The molecule has 4 rings (SSSR count). The Kier molecular flexibility index (Phi) is 6.09. The van der Waals surface area contributed by atoms with Crippen LogP contribution < -0.4 is 5.32 Å². The van der Waals surface area contributed by atoms with Crippen LogP contribution in [-0.2, 0) is 4.74 Å². The van der Waals surface area contributed by atoms with Crippen molar-refractivity contribution in [3.05, 3.63) is 35.4 Å². The van der Waals surface area contributed by atoms with Crippen molar-refractivity contribution in [2.24, 2.45) is 0 Å². The van der Waals surface area contributed by atoms with Crippen molar-refractivity contribution in [1.29, 1.82) is 0 Å². The number of piperidine rings is 2. The molecular formula is C23H33N3O3. The molecule has 3 saturated heterocycles. The van der Waals surface area contributed by atoms with Crippen LogP contribution in [0.25, 0.3) is 0 Å². The van der Waals surface area contributed by atoms with Gasteiger partial charge in [0.1, 0.15) is 0 Å². The molecule has 3 unspecified atom stereocenters. The number of aryl methyl sites for hydroxylation is 1. The highest BCUT2D eigenvalue weighted by atomic mass is 16.6. The van der Waals surface area contributed by atoms with Crippen molar-refractivity contribution in [1.82, 2.24) is 15.1 Å². The molecule has 3 atom stereocenters. The van der Waals surface area contributed by atoms with Crippen molar-refractivity contribution < 1.29 is 14.3 Å². The number of likely N-dealkylation sites (tertiary alicyclic amines) is 1. The highest BCUT2D eigenvalue weighted by Gasteiger charge is 2.45. The molecular weight excluding hydrogens is 366 g/mol. The zero-order valence-electron chi connectivity index (χ0n) is 17.6. The molecule has 0 aliphatic carbocycles. The average Bonchev–Trinajstić information content (AvgIpc) is 2.98. The smallest absolute Gasteiger partial charge is 0.410 e. The molecule has 0 saturated carbocycles. The summed E-state index contributed by atoms with van der Waals surface area (Å²) in [6.45, 7) is 6.30. The predicted molar refractivity (Wildman–Crippen MR) is 112 cm³/mol. The molecule has 6 heteroatoms. The maximum absolute atomic E-state index is 12.7. The predicted octanol–water partition coefficient (Wildman–Crippen LogP) is 3.34. The van der Waals surface area contributed by atoms with Gasteiger partial charge in [-0.25, -0.2) is 4.79 Å². The van der Waals surface area contributed by atoms with Gasteiger partial charge in [-0.1, -0.05) is 17.7 Å². The summed E-state index contributed by atoms with van der Waals surface area (Å²) in [5.41, 5.74) is 1.84. The molecule has 29 heavy (non-hydrogen) atoms. The first-order valence-electron chi connectivity index (χ1n) is 11.1. The zero-order valence-corrected chi connectivity index (χ0v) is 17.6. The van der Waals surface area contributed by atoms with Crippen LogP contribution in [-0.4, -0.2) is 65.7 Å². The topological polar surface area (TPSA) is 61.9 Å². The molecule has 3 fully saturated rings. The van der Waals surface area contributed by atoms with Crippen LogP contribution in [0.1, 0.15) is 61.4 Å². The van der Waals surface area contributed by atoms with Crippen molar-refractivity contribution in [3.8, 4) is 0 Å². The van der Waals surface area contributed by atoms with Crippen LogP contribution in [0.3, 0.4) is 0 Å². The second kappa shape index (κ2) is 8.74. The minimum Gasteiger partial charge on any atom is -0.450 e. The normalized spacial score (nSPS) is 29.5. The van der Waals surface area contributed by atoms with E-state index in [0.29, 0.717) is 24.7 Å². The van der Waals surface area contributed by atoms with Gasteiger partial charge >= 0.3 is 6.09 Å². The van der Waals surface area contributed by atoms with Crippen LogP contribution in [0.5, 0.6) is 0 Å². The molecule has 2 bridgehead atoms. The molecule has 0 aromatic heterocycles. The third kappa shape index (κ3) is 4.42. The van der Waals surface area contributed by atoms with E-state index in [1.165, 1.54) is 0 Å². The number of benzene rings is 1. The monoisotopic (exact) mass is 399 g/mol. The number of hydrogen-bond donors (Lipinski definition) is 1. The number of fused-ring (bicyclic) bond motifs is 2. The summed E-state index contributed by atoms with van der Waals surface area (Å²) in [7, 11) is 0. The zero-order chi connectivity index (χ0) is 20.4. The molecule has 3 heterocycles. The van der Waals surface area contributed by atoms with E-state index in [0.717, 1.165) is 62.7 Å². The second-order valence-electron chi connectivity index (χ2n) is 8.79. The lowest BCUT2D eigenvalue weighted by atomic mass is 9.93. The van der Waals surface area contributed by atoms with Gasteiger partial charge in [0.25, 0.3) is 5.91 Å². The fourth-order valence-electron chi connectivity index (χ4n) is 5.45. The van der Waals surface area contributed by atoms with E-state index in [2.05, 4.69) is 10.2 Å². The number of hydrogen-bond acceptors (Lipinski definition) is 4. The Bertz CT molecular complexity index is 739. The molecule has 1 aromatic rings. The fraction of sp³-hybridized carbons (Fsp3) is 0.652. The van der Waals surface area contributed by atoms with Crippen LogP contribution in [0.15, 0.2) is 24.3 Å². The highest BCUT2D eigenvalue weighted by Crippen LogP contribution is 2.38. The van der Waals surface area contributed by atoms with Gasteiger partial charge < -0.3 is 15.0 Å². The van der Waals surface area contributed by atoms with E-state index in [1.807, 2.05) is 43.0 Å². The Morgan fingerprint density at radius 3 is 2.59 bits per heavy atom. The first kappa shape index (κ1) is 20.2. The molecule has 1 aromatic carbocycles. The molecule has 0 radical (unpaired) electrons. The van der Waals surface area contributed by atoms with Gasteiger partial charge in [0.15, 0.2) is 0 Å². The molecule has 3 aliphatic heterocycles. The molecule has 6 nitrogen and oxygen atoms in total. The Morgan fingerprint density at radius 2 is 1.90 bits per heavy atom. The standard InChI is InChI=1S/C23H33N3O3/c1-3-29-23(28)26-19-9-10-20(26)14-21(13-19)25-11-5-8-18(15-25)24-22(27)17-7-4-6-16(2)12-17/h4,6-7,12,18-21H,3,5,8-11,13-15H2,1-2H3,(H,24,27). The van der Waals surface area contributed by atoms with Gasteiger partial charge in [0.2, 0.25) is 0 Å². The van der Waals surface area contributed by atoms with Gasteiger partial charge in [-0.15, -0.1) is 0 Å². The average molecular weight is 400 g/mol. The van der Waals surface area contributed by atoms with Crippen molar-refractivity contribution in [2.45, 2.75) is 76.5 Å². The van der Waals surface area contributed by atoms with E-state index >= 15 is 0 Å². The Morgan fingerprint density at radius 1 is 1.14 bits per heavy atom. The number of carbonyl (C=O) groups is 2. The molecule has 1 N–H and O–H groups in total. The third-order valence-corrected chi connectivity index (χ3v) is 6.77. The van der Waals surface area contributed by atoms with E-state index in [1.54, 1.807) is 0 Å². The number of nitrogens with zero attached hydrogens (tertiary/aromatic N) is 2. The summed E-state index contributed by atoms with van der Waals surface area (Å²) >= 11 is 0. The van der Waals surface area contributed by atoms with Gasteiger partial charge in [0.05, 0.1) is 6.61 Å². The van der Waals surface area contributed by atoms with E-state index in [4.69, 9.17) is 4.74 Å². The molecule has 3 aliphatic rings. The van der Waals surface area contributed by atoms with E-state index in [-0.39, 0.29) is 18.0 Å². The molecule has 2 amide bonds. The largest absolute Gasteiger partial charge is 0.450 e. The minimum atomic E-state index is -0.139. The lowest BCUT2D eigenvalue weighted by molar-refractivity contribution is 0.0309. The van der Waals surface area contributed by atoms with E-state index in [9.17, 15) is 9.59 Å². The summed E-state index contributed by atoms with van der Waals surface area (Å²) in [4.78, 5) is 29.5. The first-order chi connectivity index (χ1) is 14.0. The summed E-state index contributed by atoms with van der Waals surface area (Å²) in [6.07, 6.45) is 6.21. The van der Waals surface area contributed by atoms with Crippen LogP contribution in [0.4, 0.5) is 4.79 Å².